The molecule has 0 spiro atoms. The van der Waals surface area contributed by atoms with Crippen LogP contribution in [0.15, 0.2) is 54.7 Å². The van der Waals surface area contributed by atoms with Gasteiger partial charge in [0.15, 0.2) is 0 Å². The second kappa shape index (κ2) is 8.27. The van der Waals surface area contributed by atoms with E-state index in [0.717, 1.165) is 47.6 Å². The first-order valence-electron chi connectivity index (χ1n) is 9.52. The minimum absolute atomic E-state index is 0.0987. The number of fused-ring (bicyclic) bond motifs is 1. The van der Waals surface area contributed by atoms with Crippen LogP contribution in [0.3, 0.4) is 0 Å². The summed E-state index contributed by atoms with van der Waals surface area (Å²) in [6.07, 6.45) is 3.84. The Morgan fingerprint density at radius 2 is 2.04 bits per heavy atom. The van der Waals surface area contributed by atoms with Crippen molar-refractivity contribution < 1.29 is 9.53 Å². The Balaban J connectivity index is 1.39. The molecule has 2 heterocycles. The van der Waals surface area contributed by atoms with Crippen LogP contribution in [-0.4, -0.2) is 36.3 Å². The van der Waals surface area contributed by atoms with Crippen molar-refractivity contribution in [2.24, 2.45) is 0 Å². The van der Waals surface area contributed by atoms with Gasteiger partial charge in [-0.15, -0.1) is 0 Å². The largest absolute Gasteiger partial charge is 0.497 e. The van der Waals surface area contributed by atoms with E-state index in [0.29, 0.717) is 13.1 Å². The highest BCUT2D eigenvalue weighted by Crippen LogP contribution is 2.27. The second-order valence-corrected chi connectivity index (χ2v) is 6.88. The van der Waals surface area contributed by atoms with Gasteiger partial charge < -0.3 is 15.0 Å². The smallest absolute Gasteiger partial charge is 0.240 e. The van der Waals surface area contributed by atoms with E-state index in [1.165, 1.54) is 5.56 Å². The number of carbonyl (C=O) groups is 1. The van der Waals surface area contributed by atoms with Gasteiger partial charge in [0.2, 0.25) is 5.91 Å². The second-order valence-electron chi connectivity index (χ2n) is 6.88. The van der Waals surface area contributed by atoms with Crippen molar-refractivity contribution in [2.45, 2.75) is 19.4 Å². The van der Waals surface area contributed by atoms with Gasteiger partial charge >= 0.3 is 0 Å². The van der Waals surface area contributed by atoms with E-state index in [9.17, 15) is 4.79 Å². The van der Waals surface area contributed by atoms with Crippen molar-refractivity contribution in [3.63, 3.8) is 0 Å². The number of anilines is 1. The number of hydrogen-bond acceptors (Lipinski definition) is 4. The Kier molecular flexibility index (Phi) is 5.39. The first-order valence-corrected chi connectivity index (χ1v) is 9.52. The molecule has 144 valence electrons. The van der Waals surface area contributed by atoms with Gasteiger partial charge in [-0.05, 0) is 48.7 Å². The number of hydrogen-bond donors (Lipinski definition) is 2. The quantitative estimate of drug-likeness (QED) is 0.693. The van der Waals surface area contributed by atoms with Crippen molar-refractivity contribution in [2.75, 3.05) is 25.1 Å². The molecule has 1 aliphatic heterocycles. The van der Waals surface area contributed by atoms with Crippen LogP contribution in [0.1, 0.15) is 17.5 Å². The number of benzene rings is 2. The lowest BCUT2D eigenvalue weighted by molar-refractivity contribution is -0.117. The van der Waals surface area contributed by atoms with Gasteiger partial charge in [0.05, 0.1) is 25.5 Å². The number of rotatable bonds is 6. The molecule has 0 bridgehead atoms. The molecule has 1 amide bonds. The Morgan fingerprint density at radius 3 is 2.86 bits per heavy atom. The fraction of sp³-hybridized carbons (Fsp3) is 0.273. The van der Waals surface area contributed by atoms with Crippen molar-refractivity contribution in [3.8, 4) is 17.0 Å². The fourth-order valence-electron chi connectivity index (χ4n) is 3.64. The maximum atomic E-state index is 12.7. The number of nitrogens with zero attached hydrogens (tertiary/aromatic N) is 2. The topological polar surface area (TPSA) is 70.2 Å². The minimum atomic E-state index is 0.0987. The number of nitrogens with one attached hydrogen (secondary N) is 2. The third kappa shape index (κ3) is 3.77. The number of aryl methyl sites for hydroxylation is 1. The van der Waals surface area contributed by atoms with Crippen LogP contribution in [0.2, 0.25) is 0 Å². The van der Waals surface area contributed by atoms with E-state index in [4.69, 9.17) is 4.74 Å². The average Bonchev–Trinajstić information content (AvgIpc) is 3.22. The van der Waals surface area contributed by atoms with Crippen LogP contribution in [0.5, 0.6) is 5.75 Å². The standard InChI is InChI=1S/C22H24N4O2/c1-28-19-10-8-17(9-11-19)22-18(14-24-25-22)13-23-15-21(27)26-12-4-6-16-5-2-3-7-20(16)26/h2-3,5,7-11,14,23H,4,6,12-13,15H2,1H3,(H,24,25). The number of H-pyrrole nitrogens is 1. The third-order valence-corrected chi connectivity index (χ3v) is 5.10. The van der Waals surface area contributed by atoms with Crippen LogP contribution in [0, 0.1) is 0 Å². The molecule has 6 heteroatoms. The highest BCUT2D eigenvalue weighted by Gasteiger charge is 2.21. The summed E-state index contributed by atoms with van der Waals surface area (Å²) in [7, 11) is 1.65. The van der Waals surface area contributed by atoms with E-state index in [1.807, 2.05) is 47.4 Å². The zero-order chi connectivity index (χ0) is 19.3. The normalized spacial score (nSPS) is 13.2. The molecule has 2 aromatic carbocycles. The molecule has 0 radical (unpaired) electrons. The minimum Gasteiger partial charge on any atom is -0.497 e. The van der Waals surface area contributed by atoms with Crippen molar-refractivity contribution >= 4 is 11.6 Å². The summed E-state index contributed by atoms with van der Waals surface area (Å²) >= 11 is 0. The lowest BCUT2D eigenvalue weighted by atomic mass is 10.0. The number of methoxy groups -OCH3 is 1. The summed E-state index contributed by atoms with van der Waals surface area (Å²) in [5.74, 6) is 0.914. The molecule has 0 atom stereocenters. The van der Waals surface area contributed by atoms with E-state index < -0.39 is 0 Å². The summed E-state index contributed by atoms with van der Waals surface area (Å²) in [6.45, 7) is 1.64. The number of carbonyl (C=O) groups excluding carboxylic acids is 1. The van der Waals surface area contributed by atoms with Gasteiger partial charge in [0, 0.05) is 29.9 Å². The van der Waals surface area contributed by atoms with Crippen LogP contribution in [-0.2, 0) is 17.8 Å². The summed E-state index contributed by atoms with van der Waals surface area (Å²) in [6, 6.07) is 16.0. The number of aromatic nitrogens is 2. The van der Waals surface area contributed by atoms with E-state index in [2.05, 4.69) is 21.6 Å². The SMILES string of the molecule is COc1ccc(-c2[nH]ncc2CNCC(=O)N2CCCc3ccccc32)cc1. The van der Waals surface area contributed by atoms with Crippen molar-refractivity contribution in [1.29, 1.82) is 0 Å². The maximum Gasteiger partial charge on any atom is 0.240 e. The number of aromatic amines is 1. The van der Waals surface area contributed by atoms with Gasteiger partial charge in [0.1, 0.15) is 5.75 Å². The van der Waals surface area contributed by atoms with E-state index in [-0.39, 0.29) is 5.91 Å². The molecule has 0 aliphatic carbocycles. The molecular weight excluding hydrogens is 352 g/mol. The lowest BCUT2D eigenvalue weighted by Crippen LogP contribution is -2.41. The van der Waals surface area contributed by atoms with Gasteiger partial charge in [-0.25, -0.2) is 0 Å². The Bertz CT molecular complexity index is 949. The number of amides is 1. The first-order chi connectivity index (χ1) is 13.8. The number of para-hydroxylation sites is 1. The van der Waals surface area contributed by atoms with Crippen LogP contribution in [0.4, 0.5) is 5.69 Å². The van der Waals surface area contributed by atoms with Crippen LogP contribution >= 0.6 is 0 Å². The zero-order valence-electron chi connectivity index (χ0n) is 15.9. The maximum absolute atomic E-state index is 12.7. The highest BCUT2D eigenvalue weighted by atomic mass is 16.5. The lowest BCUT2D eigenvalue weighted by Gasteiger charge is -2.29. The van der Waals surface area contributed by atoms with Crippen LogP contribution in [0.25, 0.3) is 11.3 Å². The zero-order valence-corrected chi connectivity index (χ0v) is 15.9. The summed E-state index contributed by atoms with van der Waals surface area (Å²) < 4.78 is 5.21. The van der Waals surface area contributed by atoms with Gasteiger partial charge in [-0.1, -0.05) is 18.2 Å². The third-order valence-electron chi connectivity index (χ3n) is 5.10. The predicted octanol–water partition coefficient (Wildman–Crippen LogP) is 3.15. The fourth-order valence-corrected chi connectivity index (χ4v) is 3.64. The predicted molar refractivity (Wildman–Crippen MR) is 109 cm³/mol. The molecule has 0 unspecified atom stereocenters. The van der Waals surface area contributed by atoms with Crippen LogP contribution < -0.4 is 15.0 Å². The molecule has 2 N–H and O–H groups in total. The summed E-state index contributed by atoms with van der Waals surface area (Å²) in [5, 5.41) is 10.5. The highest BCUT2D eigenvalue weighted by molar-refractivity contribution is 5.95. The molecule has 28 heavy (non-hydrogen) atoms. The van der Waals surface area contributed by atoms with Crippen molar-refractivity contribution in [3.05, 3.63) is 65.9 Å². The van der Waals surface area contributed by atoms with Crippen molar-refractivity contribution in [1.82, 2.24) is 15.5 Å². The molecule has 6 nitrogen and oxygen atoms in total. The Hall–Kier alpha value is -3.12. The molecule has 0 fully saturated rings. The van der Waals surface area contributed by atoms with Gasteiger partial charge in [-0.2, -0.15) is 5.10 Å². The molecule has 1 aromatic heterocycles. The van der Waals surface area contributed by atoms with E-state index in [1.54, 1.807) is 13.3 Å². The molecule has 1 aliphatic rings. The molecule has 0 saturated carbocycles. The Labute approximate surface area is 164 Å². The van der Waals surface area contributed by atoms with Gasteiger partial charge in [0.25, 0.3) is 0 Å². The molecule has 4 rings (SSSR count). The summed E-state index contributed by atoms with van der Waals surface area (Å²) in [4.78, 5) is 14.6. The number of ether oxygens (including phenoxy) is 1. The average molecular weight is 376 g/mol. The van der Waals surface area contributed by atoms with E-state index >= 15 is 0 Å². The van der Waals surface area contributed by atoms with Gasteiger partial charge in [-0.3, -0.25) is 9.89 Å². The molecule has 3 aromatic rings. The monoisotopic (exact) mass is 376 g/mol. The summed E-state index contributed by atoms with van der Waals surface area (Å²) in [5.41, 5.74) is 5.30. The Morgan fingerprint density at radius 1 is 1.21 bits per heavy atom. The molecule has 0 saturated heterocycles. The first kappa shape index (κ1) is 18.3. The molecular formula is C22H24N4O2.